The van der Waals surface area contributed by atoms with Crippen LogP contribution < -0.4 is 10.1 Å². The Morgan fingerprint density at radius 1 is 1.08 bits per heavy atom. The zero-order valence-corrected chi connectivity index (χ0v) is 15.6. The summed E-state index contributed by atoms with van der Waals surface area (Å²) in [5.41, 5.74) is 3.02. The van der Waals surface area contributed by atoms with Crippen molar-refractivity contribution in [3.63, 3.8) is 0 Å². The molecule has 2 heterocycles. The fourth-order valence-corrected chi connectivity index (χ4v) is 3.72. The summed E-state index contributed by atoms with van der Waals surface area (Å²) < 4.78 is 11.8. The van der Waals surface area contributed by atoms with E-state index in [-0.39, 0.29) is 5.41 Å². The standard InChI is InChI=1S/C21H33NO2/c1-21(2,3)18-4-5-20(24-15-16-8-12-23-13-9-16)19(14-18)17-6-10-22-11-7-17/h4-5,14,16-17,22H,6-13,15H2,1-3H3. The van der Waals surface area contributed by atoms with E-state index >= 15 is 0 Å². The molecule has 2 saturated heterocycles. The molecule has 0 amide bonds. The molecule has 2 aliphatic heterocycles. The first-order valence-electron chi connectivity index (χ1n) is 9.60. The molecule has 3 rings (SSSR count). The third kappa shape index (κ3) is 4.52. The SMILES string of the molecule is CC(C)(C)c1ccc(OCC2CCOCC2)c(C2CCNCC2)c1. The summed E-state index contributed by atoms with van der Waals surface area (Å²) in [6.07, 6.45) is 4.67. The maximum Gasteiger partial charge on any atom is 0.122 e. The molecular weight excluding hydrogens is 298 g/mol. The molecular formula is C21H33NO2. The van der Waals surface area contributed by atoms with Crippen molar-refractivity contribution in [2.45, 2.75) is 57.8 Å². The molecule has 0 bridgehead atoms. The second kappa shape index (κ2) is 7.88. The van der Waals surface area contributed by atoms with Crippen molar-refractivity contribution in [1.29, 1.82) is 0 Å². The summed E-state index contributed by atoms with van der Waals surface area (Å²) in [5.74, 6) is 2.38. The van der Waals surface area contributed by atoms with E-state index in [9.17, 15) is 0 Å². The molecule has 134 valence electrons. The first kappa shape index (κ1) is 17.8. The molecule has 0 spiro atoms. The minimum atomic E-state index is 0.181. The topological polar surface area (TPSA) is 30.5 Å². The van der Waals surface area contributed by atoms with Crippen molar-refractivity contribution >= 4 is 0 Å². The van der Waals surface area contributed by atoms with Gasteiger partial charge in [-0.3, -0.25) is 0 Å². The summed E-state index contributed by atoms with van der Waals surface area (Å²) in [7, 11) is 0. The van der Waals surface area contributed by atoms with Crippen LogP contribution in [0, 0.1) is 5.92 Å². The van der Waals surface area contributed by atoms with Gasteiger partial charge in [-0.2, -0.15) is 0 Å². The van der Waals surface area contributed by atoms with E-state index in [0.717, 1.165) is 51.5 Å². The lowest BCUT2D eigenvalue weighted by atomic mass is 9.82. The summed E-state index contributed by atoms with van der Waals surface area (Å²) in [5, 5.41) is 3.48. The Kier molecular flexibility index (Phi) is 5.83. The Morgan fingerprint density at radius 3 is 2.46 bits per heavy atom. The highest BCUT2D eigenvalue weighted by Crippen LogP contribution is 2.36. The Labute approximate surface area is 147 Å². The third-order valence-corrected chi connectivity index (χ3v) is 5.47. The van der Waals surface area contributed by atoms with Gasteiger partial charge in [-0.25, -0.2) is 0 Å². The van der Waals surface area contributed by atoms with Crippen LogP contribution in [-0.4, -0.2) is 32.9 Å². The molecule has 0 unspecified atom stereocenters. The maximum absolute atomic E-state index is 6.32. The van der Waals surface area contributed by atoms with Gasteiger partial charge in [0.15, 0.2) is 0 Å². The van der Waals surface area contributed by atoms with Crippen molar-refractivity contribution in [3.8, 4) is 5.75 Å². The molecule has 3 nitrogen and oxygen atoms in total. The zero-order valence-electron chi connectivity index (χ0n) is 15.6. The Morgan fingerprint density at radius 2 is 1.79 bits per heavy atom. The average molecular weight is 332 g/mol. The van der Waals surface area contributed by atoms with Crippen molar-refractivity contribution < 1.29 is 9.47 Å². The van der Waals surface area contributed by atoms with Gasteiger partial charge in [0, 0.05) is 13.2 Å². The van der Waals surface area contributed by atoms with E-state index in [1.807, 2.05) is 0 Å². The molecule has 1 N–H and O–H groups in total. The van der Waals surface area contributed by atoms with Crippen molar-refractivity contribution in [3.05, 3.63) is 29.3 Å². The molecule has 1 aromatic rings. The molecule has 0 atom stereocenters. The number of hydrogen-bond acceptors (Lipinski definition) is 3. The van der Waals surface area contributed by atoms with Crippen LogP contribution in [0.3, 0.4) is 0 Å². The summed E-state index contributed by atoms with van der Waals surface area (Å²) in [4.78, 5) is 0. The summed E-state index contributed by atoms with van der Waals surface area (Å²) in [6, 6.07) is 6.89. The fraction of sp³-hybridized carbons (Fsp3) is 0.714. The molecule has 0 aliphatic carbocycles. The van der Waals surface area contributed by atoms with Gasteiger partial charge in [0.05, 0.1) is 6.61 Å². The predicted octanol–water partition coefficient (Wildman–Crippen LogP) is 4.26. The van der Waals surface area contributed by atoms with E-state index in [4.69, 9.17) is 9.47 Å². The van der Waals surface area contributed by atoms with Gasteiger partial charge in [0.25, 0.3) is 0 Å². The highest BCUT2D eigenvalue weighted by molar-refractivity contribution is 5.42. The van der Waals surface area contributed by atoms with Crippen LogP contribution in [0.25, 0.3) is 0 Å². The van der Waals surface area contributed by atoms with E-state index in [0.29, 0.717) is 11.8 Å². The Bertz CT molecular complexity index is 523. The number of rotatable bonds is 4. The van der Waals surface area contributed by atoms with Gasteiger partial charge >= 0.3 is 0 Å². The van der Waals surface area contributed by atoms with Crippen LogP contribution in [0.4, 0.5) is 0 Å². The largest absolute Gasteiger partial charge is 0.493 e. The number of hydrogen-bond donors (Lipinski definition) is 1. The van der Waals surface area contributed by atoms with Gasteiger partial charge in [0.2, 0.25) is 0 Å². The lowest BCUT2D eigenvalue weighted by Crippen LogP contribution is -2.27. The predicted molar refractivity (Wildman–Crippen MR) is 99.0 cm³/mol. The summed E-state index contributed by atoms with van der Waals surface area (Å²) in [6.45, 7) is 11.7. The third-order valence-electron chi connectivity index (χ3n) is 5.47. The van der Waals surface area contributed by atoms with Gasteiger partial charge < -0.3 is 14.8 Å². The van der Waals surface area contributed by atoms with Crippen molar-refractivity contribution in [2.75, 3.05) is 32.9 Å². The van der Waals surface area contributed by atoms with E-state index in [2.05, 4.69) is 44.3 Å². The number of nitrogens with one attached hydrogen (secondary N) is 1. The first-order valence-corrected chi connectivity index (χ1v) is 9.60. The average Bonchev–Trinajstić information content (AvgIpc) is 2.61. The maximum atomic E-state index is 6.32. The van der Waals surface area contributed by atoms with Crippen LogP contribution in [0.1, 0.15) is 63.5 Å². The fourth-order valence-electron chi connectivity index (χ4n) is 3.72. The molecule has 0 saturated carbocycles. The first-order chi connectivity index (χ1) is 11.5. The second-order valence-electron chi connectivity index (χ2n) is 8.39. The van der Waals surface area contributed by atoms with Crippen LogP contribution >= 0.6 is 0 Å². The van der Waals surface area contributed by atoms with Crippen LogP contribution in [0.5, 0.6) is 5.75 Å². The molecule has 2 fully saturated rings. The van der Waals surface area contributed by atoms with E-state index in [1.165, 1.54) is 24.0 Å². The van der Waals surface area contributed by atoms with Gasteiger partial charge in [0.1, 0.15) is 5.75 Å². The number of piperidine rings is 1. The molecule has 2 aliphatic rings. The van der Waals surface area contributed by atoms with Gasteiger partial charge in [-0.05, 0) is 73.2 Å². The smallest absolute Gasteiger partial charge is 0.122 e. The van der Waals surface area contributed by atoms with Crippen LogP contribution in [-0.2, 0) is 10.2 Å². The van der Waals surface area contributed by atoms with Crippen molar-refractivity contribution in [1.82, 2.24) is 5.32 Å². The minimum absolute atomic E-state index is 0.181. The minimum Gasteiger partial charge on any atom is -0.493 e. The zero-order chi connectivity index (χ0) is 17.0. The Hall–Kier alpha value is -1.06. The van der Waals surface area contributed by atoms with Gasteiger partial charge in [-0.1, -0.05) is 32.9 Å². The van der Waals surface area contributed by atoms with Crippen LogP contribution in [0.15, 0.2) is 18.2 Å². The van der Waals surface area contributed by atoms with Gasteiger partial charge in [-0.15, -0.1) is 0 Å². The lowest BCUT2D eigenvalue weighted by molar-refractivity contribution is 0.0495. The number of benzene rings is 1. The van der Waals surface area contributed by atoms with E-state index < -0.39 is 0 Å². The molecule has 1 aromatic carbocycles. The lowest BCUT2D eigenvalue weighted by Gasteiger charge is -2.29. The van der Waals surface area contributed by atoms with E-state index in [1.54, 1.807) is 0 Å². The molecule has 0 aromatic heterocycles. The molecule has 3 heteroatoms. The second-order valence-corrected chi connectivity index (χ2v) is 8.39. The highest BCUT2D eigenvalue weighted by atomic mass is 16.5. The van der Waals surface area contributed by atoms with Crippen molar-refractivity contribution in [2.24, 2.45) is 5.92 Å². The van der Waals surface area contributed by atoms with Crippen LogP contribution in [0.2, 0.25) is 0 Å². The summed E-state index contributed by atoms with van der Waals surface area (Å²) >= 11 is 0. The Balaban J connectivity index is 1.77. The monoisotopic (exact) mass is 331 g/mol. The normalized spacial score (nSPS) is 21.0. The quantitative estimate of drug-likeness (QED) is 0.894. The molecule has 24 heavy (non-hydrogen) atoms. The highest BCUT2D eigenvalue weighted by Gasteiger charge is 2.23. The molecule has 0 radical (unpaired) electrons. The number of ether oxygens (including phenoxy) is 2.